The van der Waals surface area contributed by atoms with E-state index in [1.54, 1.807) is 13.8 Å². The standard InChI is InChI=1S/C13H18FNO5S/c1-9(2)15(6-3-7-16)21(19,20)12-8-10(14)4-5-11(12)13(17)18/h4-5,8-9,16H,3,6-7H2,1-2H3,(H,17,18). The number of benzene rings is 1. The fourth-order valence-corrected chi connectivity index (χ4v) is 3.77. The molecule has 6 nitrogen and oxygen atoms in total. The number of aliphatic hydroxyl groups excluding tert-OH is 1. The highest BCUT2D eigenvalue weighted by Crippen LogP contribution is 2.23. The van der Waals surface area contributed by atoms with Crippen LogP contribution in [-0.4, -0.2) is 48.1 Å². The third-order valence-corrected chi connectivity index (χ3v) is 4.99. The quantitative estimate of drug-likeness (QED) is 0.790. The molecule has 0 atom stereocenters. The molecule has 21 heavy (non-hydrogen) atoms. The second-order valence-corrected chi connectivity index (χ2v) is 6.59. The molecule has 0 aliphatic rings. The number of sulfonamides is 1. The summed E-state index contributed by atoms with van der Waals surface area (Å²) >= 11 is 0. The molecule has 2 N–H and O–H groups in total. The van der Waals surface area contributed by atoms with Crippen LogP contribution in [0.4, 0.5) is 4.39 Å². The van der Waals surface area contributed by atoms with Crippen LogP contribution in [0, 0.1) is 5.82 Å². The van der Waals surface area contributed by atoms with Gasteiger partial charge in [0.2, 0.25) is 10.0 Å². The number of rotatable bonds is 7. The van der Waals surface area contributed by atoms with Crippen molar-refractivity contribution in [3.8, 4) is 0 Å². The van der Waals surface area contributed by atoms with Crippen LogP contribution in [0.1, 0.15) is 30.6 Å². The van der Waals surface area contributed by atoms with Crippen molar-refractivity contribution in [1.29, 1.82) is 0 Å². The van der Waals surface area contributed by atoms with Gasteiger partial charge in [0.15, 0.2) is 0 Å². The molecule has 1 aromatic rings. The van der Waals surface area contributed by atoms with Crippen molar-refractivity contribution in [3.05, 3.63) is 29.6 Å². The van der Waals surface area contributed by atoms with Gasteiger partial charge in [-0.15, -0.1) is 0 Å². The molecule has 0 heterocycles. The van der Waals surface area contributed by atoms with E-state index in [1.165, 1.54) is 0 Å². The van der Waals surface area contributed by atoms with Crippen LogP contribution >= 0.6 is 0 Å². The van der Waals surface area contributed by atoms with E-state index >= 15 is 0 Å². The van der Waals surface area contributed by atoms with Crippen LogP contribution in [0.5, 0.6) is 0 Å². The van der Waals surface area contributed by atoms with Crippen molar-refractivity contribution in [3.63, 3.8) is 0 Å². The molecule has 0 spiro atoms. The number of nitrogens with zero attached hydrogens (tertiary/aromatic N) is 1. The summed E-state index contributed by atoms with van der Waals surface area (Å²) in [5, 5.41) is 17.9. The highest BCUT2D eigenvalue weighted by molar-refractivity contribution is 7.89. The summed E-state index contributed by atoms with van der Waals surface area (Å²) in [5.74, 6) is -2.27. The maximum atomic E-state index is 13.3. The van der Waals surface area contributed by atoms with Crippen molar-refractivity contribution in [2.45, 2.75) is 31.2 Å². The van der Waals surface area contributed by atoms with Gasteiger partial charge in [0, 0.05) is 19.2 Å². The molecule has 0 aromatic heterocycles. The van der Waals surface area contributed by atoms with Crippen molar-refractivity contribution in [1.82, 2.24) is 4.31 Å². The Labute approximate surface area is 122 Å². The van der Waals surface area contributed by atoms with Gasteiger partial charge >= 0.3 is 5.97 Å². The van der Waals surface area contributed by atoms with Gasteiger partial charge in [0.1, 0.15) is 5.82 Å². The van der Waals surface area contributed by atoms with Crippen molar-refractivity contribution >= 4 is 16.0 Å². The minimum absolute atomic E-state index is 0.0199. The molecule has 0 bridgehead atoms. The number of hydrogen-bond acceptors (Lipinski definition) is 4. The molecular formula is C13H18FNO5S. The number of aromatic carboxylic acids is 1. The fourth-order valence-electron chi connectivity index (χ4n) is 1.90. The molecule has 0 aliphatic heterocycles. The van der Waals surface area contributed by atoms with Crippen LogP contribution in [0.3, 0.4) is 0 Å². The molecule has 8 heteroatoms. The third kappa shape index (κ3) is 3.99. The lowest BCUT2D eigenvalue weighted by molar-refractivity contribution is 0.0692. The number of carbonyl (C=O) groups is 1. The topological polar surface area (TPSA) is 94.9 Å². The average molecular weight is 319 g/mol. The SMILES string of the molecule is CC(C)N(CCCO)S(=O)(=O)c1cc(F)ccc1C(=O)O. The minimum atomic E-state index is -4.17. The summed E-state index contributed by atoms with van der Waals surface area (Å²) in [7, 11) is -4.17. The molecule has 1 rings (SSSR count). The first-order valence-electron chi connectivity index (χ1n) is 6.37. The van der Waals surface area contributed by atoms with Gasteiger partial charge < -0.3 is 10.2 Å². The predicted molar refractivity (Wildman–Crippen MR) is 74.1 cm³/mol. The van der Waals surface area contributed by atoms with E-state index in [0.717, 1.165) is 16.4 Å². The monoisotopic (exact) mass is 319 g/mol. The van der Waals surface area contributed by atoms with Crippen molar-refractivity contribution < 1.29 is 27.8 Å². The van der Waals surface area contributed by atoms with Crippen LogP contribution in [0.25, 0.3) is 0 Å². The van der Waals surface area contributed by atoms with Gasteiger partial charge in [-0.05, 0) is 38.5 Å². The normalized spacial score (nSPS) is 12.1. The maximum absolute atomic E-state index is 13.3. The molecule has 0 fully saturated rings. The molecule has 1 aromatic carbocycles. The van der Waals surface area contributed by atoms with Gasteiger partial charge in [-0.1, -0.05) is 0 Å². The lowest BCUT2D eigenvalue weighted by Gasteiger charge is -2.26. The van der Waals surface area contributed by atoms with Crippen molar-refractivity contribution in [2.75, 3.05) is 13.2 Å². The first-order valence-corrected chi connectivity index (χ1v) is 7.81. The van der Waals surface area contributed by atoms with Gasteiger partial charge in [0.25, 0.3) is 0 Å². The Bertz CT molecular complexity index is 615. The first kappa shape index (κ1) is 17.5. The number of carboxylic acids is 1. The average Bonchev–Trinajstić information content (AvgIpc) is 2.38. The number of hydrogen-bond donors (Lipinski definition) is 2. The largest absolute Gasteiger partial charge is 0.478 e. The summed E-state index contributed by atoms with van der Waals surface area (Å²) in [4.78, 5) is 10.6. The second kappa shape index (κ2) is 6.97. The van der Waals surface area contributed by atoms with Crippen LogP contribution in [-0.2, 0) is 10.0 Å². The lowest BCUT2D eigenvalue weighted by atomic mass is 10.2. The molecule has 0 saturated heterocycles. The van der Waals surface area contributed by atoms with Crippen molar-refractivity contribution in [2.24, 2.45) is 0 Å². The molecule has 0 amide bonds. The fraction of sp³-hybridized carbons (Fsp3) is 0.462. The zero-order valence-corrected chi connectivity index (χ0v) is 12.6. The van der Waals surface area contributed by atoms with E-state index in [2.05, 4.69) is 0 Å². The summed E-state index contributed by atoms with van der Waals surface area (Å²) in [6.07, 6.45) is 0.204. The first-order chi connectivity index (χ1) is 9.71. The summed E-state index contributed by atoms with van der Waals surface area (Å²) in [6.45, 7) is 3.06. The minimum Gasteiger partial charge on any atom is -0.478 e. The van der Waals surface area contributed by atoms with Crippen LogP contribution in [0.15, 0.2) is 23.1 Å². The Kier molecular flexibility index (Phi) is 5.82. The molecule has 118 valence electrons. The predicted octanol–water partition coefficient (Wildman–Crippen LogP) is 1.31. The highest BCUT2D eigenvalue weighted by atomic mass is 32.2. The Balaban J connectivity index is 3.40. The molecule has 0 unspecified atom stereocenters. The molecule has 0 radical (unpaired) electrons. The van der Waals surface area contributed by atoms with E-state index in [0.29, 0.717) is 6.07 Å². The number of carboxylic acid groups (broad SMARTS) is 1. The highest BCUT2D eigenvalue weighted by Gasteiger charge is 2.31. The molecule has 0 saturated carbocycles. The van der Waals surface area contributed by atoms with Gasteiger partial charge in [-0.3, -0.25) is 0 Å². The lowest BCUT2D eigenvalue weighted by Crippen LogP contribution is -2.38. The molecular weight excluding hydrogens is 301 g/mol. The Morgan fingerprint density at radius 1 is 1.38 bits per heavy atom. The Hall–Kier alpha value is -1.51. The Morgan fingerprint density at radius 3 is 2.48 bits per heavy atom. The third-order valence-electron chi connectivity index (χ3n) is 2.87. The van der Waals surface area contributed by atoms with Gasteiger partial charge in [-0.25, -0.2) is 17.6 Å². The number of aliphatic hydroxyl groups is 1. The van der Waals surface area contributed by atoms with Gasteiger partial charge in [-0.2, -0.15) is 4.31 Å². The van der Waals surface area contributed by atoms with Gasteiger partial charge in [0.05, 0.1) is 10.5 Å². The van der Waals surface area contributed by atoms with E-state index < -0.39 is 38.3 Å². The Morgan fingerprint density at radius 2 is 2.00 bits per heavy atom. The van der Waals surface area contributed by atoms with Crippen LogP contribution < -0.4 is 0 Å². The van der Waals surface area contributed by atoms with E-state index in [9.17, 15) is 17.6 Å². The molecule has 0 aliphatic carbocycles. The van der Waals surface area contributed by atoms with E-state index in [-0.39, 0.29) is 19.6 Å². The summed E-state index contributed by atoms with van der Waals surface area (Å²) < 4.78 is 39.5. The zero-order valence-electron chi connectivity index (χ0n) is 11.8. The summed E-state index contributed by atoms with van der Waals surface area (Å²) in [6, 6.07) is 2.07. The number of halogens is 1. The maximum Gasteiger partial charge on any atom is 0.337 e. The van der Waals surface area contributed by atoms with Crippen LogP contribution in [0.2, 0.25) is 0 Å². The second-order valence-electron chi connectivity index (χ2n) is 4.73. The smallest absolute Gasteiger partial charge is 0.337 e. The van der Waals surface area contributed by atoms with E-state index in [4.69, 9.17) is 10.2 Å². The van der Waals surface area contributed by atoms with E-state index in [1.807, 2.05) is 0 Å². The summed E-state index contributed by atoms with van der Waals surface area (Å²) in [5.41, 5.74) is -0.481. The zero-order chi connectivity index (χ0) is 16.2.